The Balaban J connectivity index is 1.34. The predicted molar refractivity (Wildman–Crippen MR) is 126 cm³/mol. The lowest BCUT2D eigenvalue weighted by Gasteiger charge is -2.35. The van der Waals surface area contributed by atoms with E-state index in [1.165, 1.54) is 12.3 Å². The van der Waals surface area contributed by atoms with Crippen molar-refractivity contribution in [3.05, 3.63) is 58.3 Å². The van der Waals surface area contributed by atoms with Crippen LogP contribution in [0.25, 0.3) is 0 Å². The van der Waals surface area contributed by atoms with Gasteiger partial charge in [0.1, 0.15) is 17.8 Å². The van der Waals surface area contributed by atoms with Crippen molar-refractivity contribution in [1.82, 2.24) is 14.8 Å². The summed E-state index contributed by atoms with van der Waals surface area (Å²) in [4.78, 5) is 45.9. The molecular weight excluding hydrogens is 438 g/mol. The summed E-state index contributed by atoms with van der Waals surface area (Å²) in [6, 6.07) is 10.1. The van der Waals surface area contributed by atoms with Crippen LogP contribution in [0.3, 0.4) is 0 Å². The molecule has 2 aliphatic heterocycles. The normalized spacial score (nSPS) is 16.6. The molecular formula is C24H29N5O5. The number of para-hydroxylation sites is 1. The van der Waals surface area contributed by atoms with Gasteiger partial charge in [0.05, 0.1) is 10.5 Å². The molecule has 180 valence electrons. The monoisotopic (exact) mass is 467 g/mol. The van der Waals surface area contributed by atoms with Crippen molar-refractivity contribution in [1.29, 1.82) is 0 Å². The van der Waals surface area contributed by atoms with E-state index in [4.69, 9.17) is 4.74 Å². The fraction of sp³-hybridized carbons (Fsp3) is 0.458. The number of likely N-dealkylation sites (tertiary alicyclic amines) is 1. The highest BCUT2D eigenvalue weighted by Crippen LogP contribution is 2.23. The summed E-state index contributed by atoms with van der Waals surface area (Å²) in [5.74, 6) is 0.867. The van der Waals surface area contributed by atoms with Crippen molar-refractivity contribution < 1.29 is 19.2 Å². The summed E-state index contributed by atoms with van der Waals surface area (Å²) in [5.41, 5.74) is 0.386. The predicted octanol–water partition coefficient (Wildman–Crippen LogP) is 2.73. The number of pyridine rings is 1. The lowest BCUT2D eigenvalue weighted by Crippen LogP contribution is -2.49. The lowest BCUT2D eigenvalue weighted by molar-refractivity contribution is -0.385. The summed E-state index contributed by atoms with van der Waals surface area (Å²) >= 11 is 0. The Morgan fingerprint density at radius 1 is 0.912 bits per heavy atom. The number of hydrogen-bond donors (Lipinski definition) is 0. The van der Waals surface area contributed by atoms with Crippen LogP contribution in [0, 0.1) is 10.1 Å². The quantitative estimate of drug-likeness (QED) is 0.475. The number of ether oxygens (including phenoxy) is 1. The molecule has 2 saturated heterocycles. The fourth-order valence-corrected chi connectivity index (χ4v) is 4.30. The number of nitrogens with zero attached hydrogens (tertiary/aromatic N) is 5. The lowest BCUT2D eigenvalue weighted by atomic mass is 10.1. The van der Waals surface area contributed by atoms with Gasteiger partial charge in [0.25, 0.3) is 17.5 Å². The van der Waals surface area contributed by atoms with Crippen LogP contribution in [0.15, 0.2) is 42.6 Å². The third kappa shape index (κ3) is 5.62. The first-order valence-corrected chi connectivity index (χ1v) is 11.7. The Bertz CT molecular complexity index is 1010. The summed E-state index contributed by atoms with van der Waals surface area (Å²) < 4.78 is 5.81. The van der Waals surface area contributed by atoms with Gasteiger partial charge in [-0.15, -0.1) is 0 Å². The minimum absolute atomic E-state index is 0.0478. The molecule has 0 atom stereocenters. The van der Waals surface area contributed by atoms with Gasteiger partial charge in [-0.2, -0.15) is 0 Å². The van der Waals surface area contributed by atoms with Crippen LogP contribution >= 0.6 is 0 Å². The number of rotatable bonds is 6. The van der Waals surface area contributed by atoms with Crippen LogP contribution in [0.5, 0.6) is 5.75 Å². The third-order valence-corrected chi connectivity index (χ3v) is 6.26. The minimum atomic E-state index is -0.478. The van der Waals surface area contributed by atoms with Gasteiger partial charge in [-0.25, -0.2) is 4.98 Å². The smallest absolute Gasteiger partial charge is 0.287 e. The molecule has 3 heterocycles. The third-order valence-electron chi connectivity index (χ3n) is 6.26. The highest BCUT2D eigenvalue weighted by molar-refractivity contribution is 5.97. The van der Waals surface area contributed by atoms with Gasteiger partial charge in [-0.3, -0.25) is 19.7 Å². The van der Waals surface area contributed by atoms with E-state index in [0.717, 1.165) is 38.8 Å². The van der Waals surface area contributed by atoms with E-state index in [1.54, 1.807) is 35.2 Å². The molecule has 2 aromatic rings. The van der Waals surface area contributed by atoms with Crippen molar-refractivity contribution in [2.75, 3.05) is 50.8 Å². The van der Waals surface area contributed by atoms with Crippen molar-refractivity contribution in [2.45, 2.75) is 25.7 Å². The van der Waals surface area contributed by atoms with E-state index < -0.39 is 4.92 Å². The topological polar surface area (TPSA) is 109 Å². The number of aromatic nitrogens is 1. The molecule has 0 unspecified atom stereocenters. The van der Waals surface area contributed by atoms with Gasteiger partial charge < -0.3 is 19.4 Å². The molecule has 0 spiro atoms. The number of hydrogen-bond acceptors (Lipinski definition) is 7. The molecule has 2 amide bonds. The van der Waals surface area contributed by atoms with Crippen molar-refractivity contribution in [3.8, 4) is 5.75 Å². The van der Waals surface area contributed by atoms with Gasteiger partial charge in [0.2, 0.25) is 0 Å². The molecule has 2 aliphatic rings. The van der Waals surface area contributed by atoms with Gasteiger partial charge in [0.15, 0.2) is 6.61 Å². The Kier molecular flexibility index (Phi) is 7.56. The number of amides is 2. The molecule has 10 nitrogen and oxygen atoms in total. The van der Waals surface area contributed by atoms with Crippen LogP contribution in [-0.2, 0) is 4.79 Å². The van der Waals surface area contributed by atoms with E-state index in [0.29, 0.717) is 43.3 Å². The summed E-state index contributed by atoms with van der Waals surface area (Å²) in [5, 5.41) is 10.8. The zero-order valence-electron chi connectivity index (χ0n) is 19.1. The van der Waals surface area contributed by atoms with Crippen LogP contribution in [0.1, 0.15) is 36.0 Å². The van der Waals surface area contributed by atoms with Gasteiger partial charge in [0, 0.05) is 45.3 Å². The van der Waals surface area contributed by atoms with E-state index in [9.17, 15) is 19.7 Å². The second-order valence-corrected chi connectivity index (χ2v) is 8.49. The first-order chi connectivity index (χ1) is 16.5. The minimum Gasteiger partial charge on any atom is -0.483 e. The average Bonchev–Trinajstić information content (AvgIpc) is 3.17. The molecule has 4 rings (SSSR count). The number of carbonyl (C=O) groups excluding carboxylic acids is 2. The average molecular weight is 468 g/mol. The zero-order chi connectivity index (χ0) is 23.9. The van der Waals surface area contributed by atoms with Crippen molar-refractivity contribution in [3.63, 3.8) is 0 Å². The maximum absolute atomic E-state index is 13.2. The standard InChI is InChI=1S/C24H29N5O5/c30-23(27-11-5-1-2-6-12-27)18-34-21-8-4-3-7-20(21)24(31)28-15-13-26(14-16-28)22-10-9-19(17-25-22)29(32)33/h3-4,7-10,17H,1-2,5-6,11-16,18H2. The number of anilines is 1. The van der Waals surface area contributed by atoms with Crippen molar-refractivity contribution >= 4 is 23.3 Å². The van der Waals surface area contributed by atoms with Gasteiger partial charge >= 0.3 is 0 Å². The molecule has 0 saturated carbocycles. The maximum atomic E-state index is 13.2. The molecule has 10 heteroatoms. The van der Waals surface area contributed by atoms with Crippen LogP contribution in [0.2, 0.25) is 0 Å². The molecule has 0 aliphatic carbocycles. The second-order valence-electron chi connectivity index (χ2n) is 8.49. The zero-order valence-corrected chi connectivity index (χ0v) is 19.1. The Morgan fingerprint density at radius 2 is 1.62 bits per heavy atom. The number of piperazine rings is 1. The Hall–Kier alpha value is -3.69. The summed E-state index contributed by atoms with van der Waals surface area (Å²) in [7, 11) is 0. The summed E-state index contributed by atoms with van der Waals surface area (Å²) in [6.45, 7) is 3.54. The van der Waals surface area contributed by atoms with E-state index in [1.807, 2.05) is 9.80 Å². The molecule has 34 heavy (non-hydrogen) atoms. The molecule has 1 aromatic carbocycles. The number of nitro groups is 1. The molecule has 0 radical (unpaired) electrons. The van der Waals surface area contributed by atoms with E-state index in [2.05, 4.69) is 4.98 Å². The molecule has 2 fully saturated rings. The molecule has 0 N–H and O–H groups in total. The van der Waals surface area contributed by atoms with Crippen molar-refractivity contribution in [2.24, 2.45) is 0 Å². The van der Waals surface area contributed by atoms with Crippen LogP contribution < -0.4 is 9.64 Å². The fourth-order valence-electron chi connectivity index (χ4n) is 4.30. The first-order valence-electron chi connectivity index (χ1n) is 11.7. The Labute approximate surface area is 198 Å². The highest BCUT2D eigenvalue weighted by atomic mass is 16.6. The Morgan fingerprint density at radius 3 is 2.26 bits per heavy atom. The highest BCUT2D eigenvalue weighted by Gasteiger charge is 2.26. The van der Waals surface area contributed by atoms with Gasteiger partial charge in [-0.05, 0) is 31.0 Å². The summed E-state index contributed by atoms with van der Waals surface area (Å²) in [6.07, 6.45) is 5.57. The first kappa shape index (κ1) is 23.5. The number of benzene rings is 1. The number of carbonyl (C=O) groups is 2. The second kappa shape index (κ2) is 11.0. The van der Waals surface area contributed by atoms with E-state index in [-0.39, 0.29) is 24.1 Å². The van der Waals surface area contributed by atoms with E-state index >= 15 is 0 Å². The van der Waals surface area contributed by atoms with Crippen LogP contribution in [0.4, 0.5) is 11.5 Å². The SMILES string of the molecule is O=C(COc1ccccc1C(=O)N1CCN(c2ccc([N+](=O)[O-])cn2)CC1)N1CCCCCC1. The molecule has 1 aromatic heterocycles. The maximum Gasteiger partial charge on any atom is 0.287 e. The largest absolute Gasteiger partial charge is 0.483 e. The van der Waals surface area contributed by atoms with Crippen LogP contribution in [-0.4, -0.2) is 77.4 Å². The van der Waals surface area contributed by atoms with Gasteiger partial charge in [-0.1, -0.05) is 25.0 Å². The molecule has 0 bridgehead atoms.